The Hall–Kier alpha value is 1.17. The Morgan fingerprint density at radius 3 is 1.42 bits per heavy atom. The van der Waals surface area contributed by atoms with Crippen LogP contribution in [0.2, 0.25) is 4.25 Å². The molecule has 0 aromatic heterocycles. The summed E-state index contributed by atoms with van der Waals surface area (Å²) in [6.45, 7) is 0. The number of hydrogen-bond donors (Lipinski definition) is 0. The van der Waals surface area contributed by atoms with Crippen LogP contribution in [0.1, 0.15) is 38.5 Å². The zero-order valence-corrected chi connectivity index (χ0v) is 11.0. The summed E-state index contributed by atoms with van der Waals surface area (Å²) in [5, 5.41) is 0. The van der Waals surface area contributed by atoms with Crippen LogP contribution in [0.5, 0.6) is 0 Å². The van der Waals surface area contributed by atoms with Gasteiger partial charge in [-0.1, -0.05) is 0 Å². The van der Waals surface area contributed by atoms with Crippen LogP contribution in [-0.4, -0.2) is 16.5 Å². The molecule has 4 aliphatic rings. The molecule has 4 rings (SSSR count). The first kappa shape index (κ1) is 9.71. The van der Waals surface area contributed by atoms with Crippen molar-refractivity contribution in [2.24, 2.45) is 17.8 Å². The molecule has 4 radical (unpaired) electrons. The van der Waals surface area contributed by atoms with Crippen molar-refractivity contribution in [2.75, 3.05) is 0 Å². The van der Waals surface area contributed by atoms with Gasteiger partial charge >= 0.3 is 77.0 Å². The monoisotopic (exact) mass is 312 g/mol. The topological polar surface area (TPSA) is 0 Å². The van der Waals surface area contributed by atoms with Crippen molar-refractivity contribution < 1.29 is 19.5 Å². The molecule has 0 nitrogen and oxygen atoms in total. The predicted molar refractivity (Wildman–Crippen MR) is 46.6 cm³/mol. The van der Waals surface area contributed by atoms with Crippen LogP contribution in [0.4, 0.5) is 0 Å². The fraction of sp³-hybridized carbons (Fsp3) is 1.00. The van der Waals surface area contributed by atoms with Gasteiger partial charge in [-0.25, -0.2) is 0 Å². The Kier molecular flexibility index (Phi) is 2.50. The van der Waals surface area contributed by atoms with Gasteiger partial charge in [-0.15, -0.1) is 0 Å². The molecule has 0 aromatic rings. The summed E-state index contributed by atoms with van der Waals surface area (Å²) in [5.41, 5.74) is 0. The third kappa shape index (κ3) is 1.45. The molecule has 4 fully saturated rings. The van der Waals surface area contributed by atoms with E-state index in [-0.39, 0.29) is 19.5 Å². The summed E-state index contributed by atoms with van der Waals surface area (Å²) < 4.78 is 0.800. The van der Waals surface area contributed by atoms with Crippen molar-refractivity contribution in [1.82, 2.24) is 0 Å². The van der Waals surface area contributed by atoms with Crippen molar-refractivity contribution in [3.8, 4) is 0 Å². The zero-order valence-electron chi connectivity index (χ0n) is 7.31. The van der Waals surface area contributed by atoms with E-state index in [1.807, 2.05) is 0 Å². The minimum absolute atomic E-state index is 0. The van der Waals surface area contributed by atoms with Crippen LogP contribution in [0.25, 0.3) is 0 Å². The van der Waals surface area contributed by atoms with Crippen LogP contribution in [-0.2, 0) is 19.5 Å². The molecule has 0 N–H and O–H groups in total. The third-order valence-electron chi connectivity index (χ3n) is 4.04. The third-order valence-corrected chi connectivity index (χ3v) is 5.32. The second-order valence-electron chi connectivity index (χ2n) is 5.20. The molecule has 2 heteroatoms. The van der Waals surface area contributed by atoms with Gasteiger partial charge in [-0.2, -0.15) is 0 Å². The predicted octanol–water partition coefficient (Wildman–Crippen LogP) is 2.54. The molecule has 0 unspecified atom stereocenters. The Balaban J connectivity index is 0.000000563. The second kappa shape index (κ2) is 3.09. The van der Waals surface area contributed by atoms with Crippen LogP contribution >= 0.6 is 0 Å². The number of rotatable bonds is 0. The standard InChI is InChI=1S/C10H15Ge.Rh/c11-10-4-7-1-8(5-10)3-9(2-7)6-10;/h7-9H,1-6H2;. The smallest absolute Gasteiger partial charge is 0 e. The molecular weight excluding hydrogens is 296 g/mol. The van der Waals surface area contributed by atoms with Crippen molar-refractivity contribution in [3.05, 3.63) is 0 Å². The molecule has 4 bridgehead atoms. The van der Waals surface area contributed by atoms with Crippen LogP contribution in [0.3, 0.4) is 0 Å². The summed E-state index contributed by atoms with van der Waals surface area (Å²) >= 11 is 2.54. The van der Waals surface area contributed by atoms with Gasteiger partial charge in [0.25, 0.3) is 0 Å². The zero-order chi connectivity index (χ0) is 7.47. The maximum Gasteiger partial charge on any atom is 0 e. The maximum absolute atomic E-state index is 2.54. The molecule has 0 amide bonds. The summed E-state index contributed by atoms with van der Waals surface area (Å²) in [7, 11) is 0. The SMILES string of the molecule is [Ge][C]12CC3CC(CC(C3)C1)C2.[Rh]. The molecule has 12 heavy (non-hydrogen) atoms. The average molecular weight is 311 g/mol. The molecule has 0 saturated heterocycles. The summed E-state index contributed by atoms with van der Waals surface area (Å²) in [6, 6.07) is 0. The molecule has 0 spiro atoms. The minimum Gasteiger partial charge on any atom is 0 e. The van der Waals surface area contributed by atoms with Gasteiger partial charge in [-0.3, -0.25) is 0 Å². The fourth-order valence-corrected chi connectivity index (χ4v) is 5.93. The Bertz CT molecular complexity index is 155. The van der Waals surface area contributed by atoms with Crippen LogP contribution < -0.4 is 0 Å². The van der Waals surface area contributed by atoms with E-state index >= 15 is 0 Å². The Morgan fingerprint density at radius 1 is 0.833 bits per heavy atom. The van der Waals surface area contributed by atoms with Crippen LogP contribution in [0.15, 0.2) is 0 Å². The summed E-state index contributed by atoms with van der Waals surface area (Å²) in [6.07, 6.45) is 9.48. The van der Waals surface area contributed by atoms with Crippen LogP contribution in [0, 0.1) is 17.8 Å². The van der Waals surface area contributed by atoms with Gasteiger partial charge in [-0.05, 0) is 0 Å². The molecule has 68 valence electrons. The molecule has 0 aromatic carbocycles. The molecular formula is C10H15GeRh. The van der Waals surface area contributed by atoms with Gasteiger partial charge in [0.2, 0.25) is 0 Å². The van der Waals surface area contributed by atoms with Gasteiger partial charge in [0.15, 0.2) is 0 Å². The Morgan fingerprint density at radius 2 is 1.17 bits per heavy atom. The largest absolute Gasteiger partial charge is 0 e. The van der Waals surface area contributed by atoms with Crippen molar-refractivity contribution >= 4 is 16.5 Å². The molecule has 0 atom stereocenters. The van der Waals surface area contributed by atoms with Crippen molar-refractivity contribution in [1.29, 1.82) is 0 Å². The van der Waals surface area contributed by atoms with Crippen molar-refractivity contribution in [3.63, 3.8) is 0 Å². The van der Waals surface area contributed by atoms with E-state index in [4.69, 9.17) is 0 Å². The average Bonchev–Trinajstić information content (AvgIpc) is 1.79. The van der Waals surface area contributed by atoms with Gasteiger partial charge in [0.05, 0.1) is 0 Å². The molecule has 4 saturated carbocycles. The van der Waals surface area contributed by atoms with E-state index in [1.165, 1.54) is 0 Å². The first-order valence-corrected chi connectivity index (χ1v) is 6.03. The molecule has 4 aliphatic carbocycles. The Labute approximate surface area is 96.2 Å². The molecule has 0 heterocycles. The van der Waals surface area contributed by atoms with Gasteiger partial charge in [0, 0.05) is 19.5 Å². The molecule has 0 aliphatic heterocycles. The normalized spacial score (nSPS) is 55.2. The minimum atomic E-state index is 0. The van der Waals surface area contributed by atoms with E-state index in [2.05, 4.69) is 16.5 Å². The summed E-state index contributed by atoms with van der Waals surface area (Å²) in [5.74, 6) is 3.43. The summed E-state index contributed by atoms with van der Waals surface area (Å²) in [4.78, 5) is 0. The first-order valence-electron chi connectivity index (χ1n) is 4.98. The van der Waals surface area contributed by atoms with Gasteiger partial charge in [0.1, 0.15) is 0 Å². The fourth-order valence-electron chi connectivity index (χ4n) is 4.11. The quantitative estimate of drug-likeness (QED) is 0.603. The first-order chi connectivity index (χ1) is 5.23. The van der Waals surface area contributed by atoms with E-state index in [9.17, 15) is 0 Å². The van der Waals surface area contributed by atoms with E-state index < -0.39 is 0 Å². The van der Waals surface area contributed by atoms with E-state index in [1.54, 1.807) is 38.5 Å². The van der Waals surface area contributed by atoms with Crippen molar-refractivity contribution in [2.45, 2.75) is 42.8 Å². The number of hydrogen-bond acceptors (Lipinski definition) is 0. The van der Waals surface area contributed by atoms with Gasteiger partial charge < -0.3 is 0 Å². The van der Waals surface area contributed by atoms with E-state index in [0.29, 0.717) is 0 Å². The second-order valence-corrected chi connectivity index (χ2v) is 7.42. The van der Waals surface area contributed by atoms with E-state index in [0.717, 1.165) is 22.0 Å². The maximum atomic E-state index is 2.54.